The third-order valence-corrected chi connectivity index (χ3v) is 2.89. The van der Waals surface area contributed by atoms with Crippen molar-refractivity contribution >= 4 is 5.91 Å². The van der Waals surface area contributed by atoms with Gasteiger partial charge in [0.2, 0.25) is 5.91 Å². The lowest BCUT2D eigenvalue weighted by Gasteiger charge is -2.17. The second-order valence-corrected chi connectivity index (χ2v) is 4.21. The standard InChI is InChI=1S/C10H21N3O2/c1-15-7-8-2-4-13(6-8)5-3-9(11)10(12)14/h8-9H,2-7,11H2,1H3,(H2,12,14). The van der Waals surface area contributed by atoms with Gasteiger partial charge in [0.15, 0.2) is 0 Å². The van der Waals surface area contributed by atoms with Crippen molar-refractivity contribution in [2.24, 2.45) is 17.4 Å². The molecule has 0 aliphatic carbocycles. The molecule has 0 aromatic carbocycles. The number of nitrogens with two attached hydrogens (primary N) is 2. The Labute approximate surface area is 90.7 Å². The molecule has 5 heteroatoms. The molecule has 1 rings (SSSR count). The summed E-state index contributed by atoms with van der Waals surface area (Å²) in [6, 6.07) is -0.508. The van der Waals surface area contributed by atoms with E-state index in [1.165, 1.54) is 6.42 Å². The van der Waals surface area contributed by atoms with Gasteiger partial charge in [0.1, 0.15) is 0 Å². The molecule has 2 unspecified atom stereocenters. The van der Waals surface area contributed by atoms with E-state index in [0.29, 0.717) is 12.3 Å². The minimum atomic E-state index is -0.508. The first-order valence-corrected chi connectivity index (χ1v) is 5.39. The lowest BCUT2D eigenvalue weighted by atomic mass is 10.1. The van der Waals surface area contributed by atoms with Gasteiger partial charge in [0.25, 0.3) is 0 Å². The van der Waals surface area contributed by atoms with Crippen molar-refractivity contribution in [1.82, 2.24) is 4.90 Å². The van der Waals surface area contributed by atoms with E-state index in [2.05, 4.69) is 4.90 Å². The van der Waals surface area contributed by atoms with Crippen LogP contribution in [0.1, 0.15) is 12.8 Å². The predicted molar refractivity (Wildman–Crippen MR) is 58.2 cm³/mol. The van der Waals surface area contributed by atoms with Crippen molar-refractivity contribution < 1.29 is 9.53 Å². The molecule has 0 radical (unpaired) electrons. The van der Waals surface area contributed by atoms with E-state index in [0.717, 1.165) is 26.2 Å². The zero-order valence-electron chi connectivity index (χ0n) is 9.32. The number of nitrogens with zero attached hydrogens (tertiary/aromatic N) is 1. The van der Waals surface area contributed by atoms with Crippen molar-refractivity contribution in [2.45, 2.75) is 18.9 Å². The van der Waals surface area contributed by atoms with E-state index in [4.69, 9.17) is 16.2 Å². The number of hydrogen-bond donors (Lipinski definition) is 2. The number of methoxy groups -OCH3 is 1. The van der Waals surface area contributed by atoms with Crippen molar-refractivity contribution in [2.75, 3.05) is 33.4 Å². The van der Waals surface area contributed by atoms with E-state index in [9.17, 15) is 4.79 Å². The number of hydrogen-bond acceptors (Lipinski definition) is 4. The van der Waals surface area contributed by atoms with E-state index < -0.39 is 11.9 Å². The van der Waals surface area contributed by atoms with Gasteiger partial charge in [-0.2, -0.15) is 0 Å². The number of likely N-dealkylation sites (tertiary alicyclic amines) is 1. The Bertz CT molecular complexity index is 211. The summed E-state index contributed by atoms with van der Waals surface area (Å²) >= 11 is 0. The van der Waals surface area contributed by atoms with Gasteiger partial charge in [0, 0.05) is 20.2 Å². The second-order valence-electron chi connectivity index (χ2n) is 4.21. The van der Waals surface area contributed by atoms with Gasteiger partial charge in [0.05, 0.1) is 12.6 Å². The number of primary amides is 1. The van der Waals surface area contributed by atoms with Gasteiger partial charge >= 0.3 is 0 Å². The largest absolute Gasteiger partial charge is 0.384 e. The van der Waals surface area contributed by atoms with Crippen LogP contribution in [-0.2, 0) is 9.53 Å². The van der Waals surface area contributed by atoms with Crippen molar-refractivity contribution in [3.05, 3.63) is 0 Å². The maximum Gasteiger partial charge on any atom is 0.234 e. The van der Waals surface area contributed by atoms with E-state index in [-0.39, 0.29) is 0 Å². The fourth-order valence-corrected chi connectivity index (χ4v) is 1.95. The van der Waals surface area contributed by atoms with Crippen LogP contribution in [0.3, 0.4) is 0 Å². The molecule has 88 valence electrons. The average molecular weight is 215 g/mol. The molecule has 5 nitrogen and oxygen atoms in total. The summed E-state index contributed by atoms with van der Waals surface area (Å²) in [7, 11) is 1.73. The molecule has 1 saturated heterocycles. The average Bonchev–Trinajstić information content (AvgIpc) is 2.62. The Morgan fingerprint density at radius 1 is 1.67 bits per heavy atom. The Morgan fingerprint density at radius 3 is 3.00 bits per heavy atom. The summed E-state index contributed by atoms with van der Waals surface area (Å²) in [5.41, 5.74) is 10.7. The van der Waals surface area contributed by atoms with Crippen LogP contribution < -0.4 is 11.5 Å². The molecule has 2 atom stereocenters. The molecule has 1 heterocycles. The van der Waals surface area contributed by atoms with E-state index >= 15 is 0 Å². The first kappa shape index (κ1) is 12.4. The Kier molecular flexibility index (Phi) is 5.01. The molecule has 1 aliphatic rings. The monoisotopic (exact) mass is 215 g/mol. The lowest BCUT2D eigenvalue weighted by Crippen LogP contribution is -2.39. The summed E-state index contributed by atoms with van der Waals surface area (Å²) in [5, 5.41) is 0. The van der Waals surface area contributed by atoms with Crippen LogP contribution in [0.5, 0.6) is 0 Å². The van der Waals surface area contributed by atoms with Gasteiger partial charge in [-0.05, 0) is 25.3 Å². The maximum absolute atomic E-state index is 10.7. The van der Waals surface area contributed by atoms with Gasteiger partial charge in [-0.3, -0.25) is 4.79 Å². The minimum absolute atomic E-state index is 0.414. The zero-order chi connectivity index (χ0) is 11.3. The Balaban J connectivity index is 2.16. The fourth-order valence-electron chi connectivity index (χ4n) is 1.95. The third kappa shape index (κ3) is 4.15. The van der Waals surface area contributed by atoms with Gasteiger partial charge in [-0.25, -0.2) is 0 Å². The maximum atomic E-state index is 10.7. The lowest BCUT2D eigenvalue weighted by molar-refractivity contribution is -0.119. The summed E-state index contributed by atoms with van der Waals surface area (Å²) in [6.45, 7) is 3.78. The molecular weight excluding hydrogens is 194 g/mol. The van der Waals surface area contributed by atoms with E-state index in [1.54, 1.807) is 7.11 Å². The highest BCUT2D eigenvalue weighted by atomic mass is 16.5. The highest BCUT2D eigenvalue weighted by Gasteiger charge is 2.22. The molecule has 4 N–H and O–H groups in total. The molecular formula is C10H21N3O2. The Hall–Kier alpha value is -0.650. The van der Waals surface area contributed by atoms with Crippen LogP contribution in [0.2, 0.25) is 0 Å². The summed E-state index contributed by atoms with van der Waals surface area (Å²) in [6.07, 6.45) is 1.81. The van der Waals surface area contributed by atoms with Crippen molar-refractivity contribution in [3.8, 4) is 0 Å². The molecule has 1 aliphatic heterocycles. The zero-order valence-corrected chi connectivity index (χ0v) is 9.32. The number of carbonyl (C=O) groups excluding carboxylic acids is 1. The molecule has 1 amide bonds. The summed E-state index contributed by atoms with van der Waals surface area (Å²) in [4.78, 5) is 13.0. The predicted octanol–water partition coefficient (Wildman–Crippen LogP) is -0.843. The van der Waals surface area contributed by atoms with Crippen LogP contribution >= 0.6 is 0 Å². The molecule has 0 spiro atoms. The second kappa shape index (κ2) is 6.05. The third-order valence-electron chi connectivity index (χ3n) is 2.89. The number of carbonyl (C=O) groups is 1. The molecule has 15 heavy (non-hydrogen) atoms. The smallest absolute Gasteiger partial charge is 0.234 e. The van der Waals surface area contributed by atoms with Crippen molar-refractivity contribution in [1.29, 1.82) is 0 Å². The molecule has 1 fully saturated rings. The normalized spacial score (nSPS) is 24.3. The highest BCUT2D eigenvalue weighted by Crippen LogP contribution is 2.16. The molecule has 0 aromatic rings. The van der Waals surface area contributed by atoms with Gasteiger partial charge in [-0.15, -0.1) is 0 Å². The summed E-state index contributed by atoms with van der Waals surface area (Å²) < 4.78 is 5.11. The van der Waals surface area contributed by atoms with Gasteiger partial charge in [-0.1, -0.05) is 0 Å². The highest BCUT2D eigenvalue weighted by molar-refractivity contribution is 5.79. The van der Waals surface area contributed by atoms with Crippen LogP contribution in [-0.4, -0.2) is 50.2 Å². The van der Waals surface area contributed by atoms with Crippen LogP contribution in [0.25, 0.3) is 0 Å². The number of rotatable bonds is 6. The Morgan fingerprint density at radius 2 is 2.40 bits per heavy atom. The van der Waals surface area contributed by atoms with Crippen LogP contribution in [0, 0.1) is 5.92 Å². The first-order valence-electron chi connectivity index (χ1n) is 5.39. The quantitative estimate of drug-likeness (QED) is 0.605. The molecule has 0 saturated carbocycles. The molecule has 0 aromatic heterocycles. The van der Waals surface area contributed by atoms with Crippen molar-refractivity contribution in [3.63, 3.8) is 0 Å². The molecule has 0 bridgehead atoms. The SMILES string of the molecule is COCC1CCN(CCC(N)C(N)=O)C1. The van der Waals surface area contributed by atoms with E-state index in [1.807, 2.05) is 0 Å². The topological polar surface area (TPSA) is 81.6 Å². The van der Waals surface area contributed by atoms with Gasteiger partial charge < -0.3 is 21.1 Å². The minimum Gasteiger partial charge on any atom is -0.384 e. The fraction of sp³-hybridized carbons (Fsp3) is 0.900. The summed E-state index contributed by atoms with van der Waals surface area (Å²) in [5.74, 6) is 0.211. The number of amides is 1. The first-order chi connectivity index (χ1) is 7.13. The number of ether oxygens (including phenoxy) is 1. The van der Waals surface area contributed by atoms with Crippen LogP contribution in [0.4, 0.5) is 0 Å². The van der Waals surface area contributed by atoms with Crippen LogP contribution in [0.15, 0.2) is 0 Å².